The number of aryl methyl sites for hydroxylation is 1. The van der Waals surface area contributed by atoms with Gasteiger partial charge in [0.05, 0.1) is 5.69 Å². The van der Waals surface area contributed by atoms with Crippen molar-refractivity contribution in [2.24, 2.45) is 0 Å². The Morgan fingerprint density at radius 2 is 1.83 bits per heavy atom. The van der Waals surface area contributed by atoms with Crippen molar-refractivity contribution in [1.29, 1.82) is 0 Å². The molecule has 2 heterocycles. The minimum absolute atomic E-state index is 0.0489. The van der Waals surface area contributed by atoms with E-state index < -0.39 is 12.1 Å². The van der Waals surface area contributed by atoms with E-state index in [0.717, 1.165) is 5.56 Å². The highest BCUT2D eigenvalue weighted by Crippen LogP contribution is 2.24. The van der Waals surface area contributed by atoms with Gasteiger partial charge < -0.3 is 9.47 Å². The number of carbonyl (C=O) groups is 1. The number of ether oxygens (including phenoxy) is 2. The van der Waals surface area contributed by atoms with Crippen LogP contribution in [-0.2, 0) is 21.6 Å². The first-order chi connectivity index (χ1) is 13.6. The molecule has 1 aromatic carbocycles. The van der Waals surface area contributed by atoms with Crippen molar-refractivity contribution >= 4 is 11.6 Å². The zero-order valence-corrected chi connectivity index (χ0v) is 17.4. The smallest absolute Gasteiger partial charge is 0.347 e. The fourth-order valence-electron chi connectivity index (χ4n) is 2.88. The minimum atomic E-state index is -0.778. The minimum Gasteiger partial charge on any atom is -0.479 e. The number of esters is 1. The Kier molecular flexibility index (Phi) is 5.73. The van der Waals surface area contributed by atoms with Crippen LogP contribution in [0.3, 0.4) is 0 Å². The van der Waals surface area contributed by atoms with Crippen molar-refractivity contribution in [3.05, 3.63) is 75.8 Å². The highest BCUT2D eigenvalue weighted by atomic mass is 16.6. The normalized spacial score (nSPS) is 12.6. The number of benzene rings is 1. The molecule has 0 saturated carbocycles. The van der Waals surface area contributed by atoms with E-state index in [4.69, 9.17) is 9.47 Å². The van der Waals surface area contributed by atoms with Crippen LogP contribution in [0, 0.1) is 6.92 Å². The van der Waals surface area contributed by atoms with Gasteiger partial charge in [0, 0.05) is 12.3 Å². The monoisotopic (exact) mass is 394 g/mol. The Bertz CT molecular complexity index is 1080. The number of rotatable bonds is 5. The van der Waals surface area contributed by atoms with Gasteiger partial charge in [-0.05, 0) is 48.6 Å². The van der Waals surface area contributed by atoms with Gasteiger partial charge in [0.2, 0.25) is 0 Å². The van der Waals surface area contributed by atoms with Gasteiger partial charge in [0.25, 0.3) is 5.56 Å². The number of hydrogen-bond donors (Lipinski definition) is 0. The van der Waals surface area contributed by atoms with E-state index in [1.807, 2.05) is 37.3 Å². The quantitative estimate of drug-likeness (QED) is 0.616. The van der Waals surface area contributed by atoms with Gasteiger partial charge >= 0.3 is 5.97 Å². The third kappa shape index (κ3) is 5.02. The molecular weight excluding hydrogens is 368 g/mol. The Balaban J connectivity index is 1.62. The largest absolute Gasteiger partial charge is 0.479 e. The molecular formula is C23H26N2O4. The molecule has 0 radical (unpaired) electrons. The van der Waals surface area contributed by atoms with Crippen LogP contribution in [0.2, 0.25) is 0 Å². The van der Waals surface area contributed by atoms with Crippen molar-refractivity contribution in [2.45, 2.75) is 52.7 Å². The van der Waals surface area contributed by atoms with E-state index in [0.29, 0.717) is 17.1 Å². The Morgan fingerprint density at radius 3 is 2.48 bits per heavy atom. The summed E-state index contributed by atoms with van der Waals surface area (Å²) >= 11 is 0. The first kappa shape index (κ1) is 20.6. The Labute approximate surface area is 170 Å². The molecule has 152 valence electrons. The van der Waals surface area contributed by atoms with Crippen LogP contribution in [-0.4, -0.2) is 21.5 Å². The zero-order chi connectivity index (χ0) is 21.2. The first-order valence-corrected chi connectivity index (χ1v) is 9.56. The average molecular weight is 394 g/mol. The molecule has 0 fully saturated rings. The second-order valence-electron chi connectivity index (χ2n) is 8.16. The summed E-state index contributed by atoms with van der Waals surface area (Å²) in [6, 6.07) is 12.7. The van der Waals surface area contributed by atoms with Crippen LogP contribution in [0.5, 0.6) is 5.75 Å². The predicted molar refractivity (Wildman–Crippen MR) is 111 cm³/mol. The first-order valence-electron chi connectivity index (χ1n) is 9.56. The predicted octanol–water partition coefficient (Wildman–Crippen LogP) is 3.81. The molecule has 1 atom stereocenters. The summed E-state index contributed by atoms with van der Waals surface area (Å²) in [6.07, 6.45) is 0.945. The maximum atomic E-state index is 12.3. The fraction of sp³-hybridized carbons (Fsp3) is 0.348. The molecule has 29 heavy (non-hydrogen) atoms. The van der Waals surface area contributed by atoms with Gasteiger partial charge in [-0.3, -0.25) is 9.20 Å². The zero-order valence-electron chi connectivity index (χ0n) is 17.4. The summed E-state index contributed by atoms with van der Waals surface area (Å²) in [5.74, 6) is 0.0793. The number of fused-ring (bicyclic) bond motifs is 1. The highest BCUT2D eigenvalue weighted by molar-refractivity contribution is 5.74. The van der Waals surface area contributed by atoms with E-state index >= 15 is 0 Å². The molecule has 0 N–H and O–H groups in total. The number of aromatic nitrogens is 2. The van der Waals surface area contributed by atoms with Crippen molar-refractivity contribution in [3.8, 4) is 5.75 Å². The molecule has 0 aliphatic heterocycles. The van der Waals surface area contributed by atoms with Gasteiger partial charge in [-0.1, -0.05) is 39.0 Å². The van der Waals surface area contributed by atoms with Gasteiger partial charge in [-0.15, -0.1) is 0 Å². The van der Waals surface area contributed by atoms with Gasteiger partial charge in [0.1, 0.15) is 18.0 Å². The van der Waals surface area contributed by atoms with Crippen LogP contribution < -0.4 is 10.3 Å². The summed E-state index contributed by atoms with van der Waals surface area (Å²) in [4.78, 5) is 28.9. The van der Waals surface area contributed by atoms with Crippen LogP contribution >= 0.6 is 0 Å². The van der Waals surface area contributed by atoms with Crippen LogP contribution in [0.25, 0.3) is 5.65 Å². The molecule has 0 aliphatic rings. The molecule has 0 bridgehead atoms. The molecule has 3 aromatic rings. The maximum Gasteiger partial charge on any atom is 0.347 e. The lowest BCUT2D eigenvalue weighted by molar-refractivity contribution is -0.152. The number of hydrogen-bond acceptors (Lipinski definition) is 5. The van der Waals surface area contributed by atoms with Crippen molar-refractivity contribution in [3.63, 3.8) is 0 Å². The molecule has 0 amide bonds. The molecule has 6 nitrogen and oxygen atoms in total. The van der Waals surface area contributed by atoms with E-state index in [-0.39, 0.29) is 17.6 Å². The lowest BCUT2D eigenvalue weighted by Crippen LogP contribution is -2.26. The van der Waals surface area contributed by atoms with Crippen molar-refractivity contribution in [2.75, 3.05) is 0 Å². The van der Waals surface area contributed by atoms with Crippen molar-refractivity contribution in [1.82, 2.24) is 9.38 Å². The van der Waals surface area contributed by atoms with Gasteiger partial charge in [0.15, 0.2) is 6.10 Å². The molecule has 0 spiro atoms. The third-order valence-electron chi connectivity index (χ3n) is 4.59. The molecule has 3 rings (SSSR count). The summed E-state index contributed by atoms with van der Waals surface area (Å²) in [6.45, 7) is 9.85. The van der Waals surface area contributed by atoms with E-state index in [1.54, 1.807) is 19.2 Å². The second kappa shape index (κ2) is 8.07. The van der Waals surface area contributed by atoms with E-state index in [1.165, 1.54) is 16.0 Å². The number of nitrogens with zero attached hydrogens (tertiary/aromatic N) is 2. The van der Waals surface area contributed by atoms with Crippen LogP contribution in [0.4, 0.5) is 0 Å². The average Bonchev–Trinajstić information content (AvgIpc) is 2.66. The number of carbonyl (C=O) groups excluding carboxylic acids is 1. The molecule has 2 aromatic heterocycles. The Hall–Kier alpha value is -3.15. The van der Waals surface area contributed by atoms with Gasteiger partial charge in [-0.2, -0.15) is 0 Å². The van der Waals surface area contributed by atoms with Gasteiger partial charge in [-0.25, -0.2) is 9.78 Å². The lowest BCUT2D eigenvalue weighted by atomic mass is 9.87. The van der Waals surface area contributed by atoms with Crippen LogP contribution in [0.15, 0.2) is 53.5 Å². The fourth-order valence-corrected chi connectivity index (χ4v) is 2.88. The van der Waals surface area contributed by atoms with Crippen molar-refractivity contribution < 1.29 is 14.3 Å². The van der Waals surface area contributed by atoms with Crippen LogP contribution in [0.1, 0.15) is 44.5 Å². The van der Waals surface area contributed by atoms with E-state index in [2.05, 4.69) is 25.8 Å². The standard InChI is InChI=1S/C23H26N2O4/c1-15-6-11-20-24-18(12-21(26)25(20)13-15)14-28-22(27)16(2)29-19-9-7-17(8-10-19)23(3,4)5/h6-13,16H,14H2,1-5H3/t16-/m0/s1. The highest BCUT2D eigenvalue weighted by Gasteiger charge is 2.18. The topological polar surface area (TPSA) is 69.9 Å². The maximum absolute atomic E-state index is 12.3. The van der Waals surface area contributed by atoms with E-state index in [9.17, 15) is 9.59 Å². The molecule has 0 saturated heterocycles. The summed E-state index contributed by atoms with van der Waals surface area (Å²) in [5.41, 5.74) is 2.89. The number of pyridine rings is 1. The molecule has 0 unspecified atom stereocenters. The Morgan fingerprint density at radius 1 is 1.14 bits per heavy atom. The summed E-state index contributed by atoms with van der Waals surface area (Å²) < 4.78 is 12.4. The lowest BCUT2D eigenvalue weighted by Gasteiger charge is -2.20. The SMILES string of the molecule is Cc1ccc2nc(COC(=O)[C@H](C)Oc3ccc(C(C)(C)C)cc3)cc(=O)n2c1. The second-order valence-corrected chi connectivity index (χ2v) is 8.16. The summed E-state index contributed by atoms with van der Waals surface area (Å²) in [7, 11) is 0. The molecule has 6 heteroatoms. The summed E-state index contributed by atoms with van der Waals surface area (Å²) in [5, 5.41) is 0. The third-order valence-corrected chi connectivity index (χ3v) is 4.59. The molecule has 0 aliphatic carbocycles.